The molecule has 0 aliphatic heterocycles. The van der Waals surface area contributed by atoms with E-state index in [9.17, 15) is 4.79 Å². The van der Waals surface area contributed by atoms with Gasteiger partial charge in [0.2, 0.25) is 0 Å². The van der Waals surface area contributed by atoms with Crippen molar-refractivity contribution in [3.05, 3.63) is 48.2 Å². The minimum atomic E-state index is -0.0757. The van der Waals surface area contributed by atoms with E-state index >= 15 is 0 Å². The first-order valence-electron chi connectivity index (χ1n) is 8.87. The zero-order valence-electron chi connectivity index (χ0n) is 15.2. The van der Waals surface area contributed by atoms with Crippen molar-refractivity contribution in [2.24, 2.45) is 0 Å². The molecule has 2 aromatic rings. The first-order valence-corrected chi connectivity index (χ1v) is 8.87. The van der Waals surface area contributed by atoms with Crippen molar-refractivity contribution < 1.29 is 9.53 Å². The van der Waals surface area contributed by atoms with Crippen molar-refractivity contribution in [3.8, 4) is 5.75 Å². The van der Waals surface area contributed by atoms with Crippen molar-refractivity contribution >= 4 is 17.4 Å². The summed E-state index contributed by atoms with van der Waals surface area (Å²) in [6.45, 7) is 6.81. The van der Waals surface area contributed by atoms with Crippen LogP contribution in [0.5, 0.6) is 5.75 Å². The minimum absolute atomic E-state index is 0.0757. The largest absolute Gasteiger partial charge is 0.489 e. The van der Waals surface area contributed by atoms with E-state index < -0.39 is 0 Å². The van der Waals surface area contributed by atoms with Gasteiger partial charge in [0.1, 0.15) is 11.6 Å². The van der Waals surface area contributed by atoms with Gasteiger partial charge in [0.15, 0.2) is 0 Å². The number of nitrogens with zero attached hydrogens (tertiary/aromatic N) is 1. The highest BCUT2D eigenvalue weighted by atomic mass is 16.5. The molecular weight excluding hydrogens is 314 g/mol. The van der Waals surface area contributed by atoms with Crippen LogP contribution in [0.4, 0.5) is 11.5 Å². The van der Waals surface area contributed by atoms with Crippen molar-refractivity contribution in [1.29, 1.82) is 0 Å². The predicted octanol–water partition coefficient (Wildman–Crippen LogP) is 4.53. The number of benzene rings is 1. The Labute approximate surface area is 149 Å². The topological polar surface area (TPSA) is 63.2 Å². The molecule has 5 heteroatoms. The van der Waals surface area contributed by atoms with Gasteiger partial charge in [0.25, 0.3) is 5.91 Å². The molecule has 0 aliphatic rings. The normalized spacial score (nSPS) is 10.6. The number of amides is 1. The fourth-order valence-electron chi connectivity index (χ4n) is 2.38. The van der Waals surface area contributed by atoms with Crippen molar-refractivity contribution in [2.75, 3.05) is 11.9 Å². The van der Waals surface area contributed by atoms with Crippen LogP contribution in [0.2, 0.25) is 0 Å². The van der Waals surface area contributed by atoms with Gasteiger partial charge < -0.3 is 15.4 Å². The third-order valence-electron chi connectivity index (χ3n) is 3.60. The molecule has 1 heterocycles. The Kier molecular flexibility index (Phi) is 7.26. The van der Waals surface area contributed by atoms with Crippen molar-refractivity contribution in [2.45, 2.75) is 46.1 Å². The summed E-state index contributed by atoms with van der Waals surface area (Å²) in [5.74, 6) is 1.29. The Morgan fingerprint density at radius 2 is 2.00 bits per heavy atom. The van der Waals surface area contributed by atoms with Crippen LogP contribution in [0, 0.1) is 0 Å². The molecule has 0 unspecified atom stereocenters. The van der Waals surface area contributed by atoms with Gasteiger partial charge in [-0.25, -0.2) is 4.98 Å². The fraction of sp³-hybridized carbons (Fsp3) is 0.400. The van der Waals surface area contributed by atoms with Gasteiger partial charge >= 0.3 is 0 Å². The molecule has 0 spiro atoms. The Balaban J connectivity index is 2.05. The SMILES string of the molecule is CCCCCNC(=O)c1ccnc(Nc2ccccc2OC(C)C)c1. The van der Waals surface area contributed by atoms with Crippen LogP contribution in [0.15, 0.2) is 42.6 Å². The van der Waals surface area contributed by atoms with E-state index in [2.05, 4.69) is 22.5 Å². The smallest absolute Gasteiger partial charge is 0.251 e. The molecule has 25 heavy (non-hydrogen) atoms. The number of hydrogen-bond acceptors (Lipinski definition) is 4. The molecule has 0 aliphatic carbocycles. The van der Waals surface area contributed by atoms with Crippen LogP contribution in [-0.4, -0.2) is 23.5 Å². The van der Waals surface area contributed by atoms with Gasteiger partial charge in [-0.2, -0.15) is 0 Å². The summed E-state index contributed by atoms with van der Waals surface area (Å²) in [5, 5.41) is 6.18. The van der Waals surface area contributed by atoms with E-state index in [1.807, 2.05) is 38.1 Å². The lowest BCUT2D eigenvalue weighted by atomic mass is 10.2. The lowest BCUT2D eigenvalue weighted by Gasteiger charge is -2.15. The van der Waals surface area contributed by atoms with Crippen LogP contribution >= 0.6 is 0 Å². The van der Waals surface area contributed by atoms with Gasteiger partial charge in [0.05, 0.1) is 11.8 Å². The lowest BCUT2D eigenvalue weighted by Crippen LogP contribution is -2.24. The molecule has 0 fully saturated rings. The minimum Gasteiger partial charge on any atom is -0.489 e. The monoisotopic (exact) mass is 341 g/mol. The quantitative estimate of drug-likeness (QED) is 0.658. The second-order valence-corrected chi connectivity index (χ2v) is 6.18. The molecule has 0 bridgehead atoms. The summed E-state index contributed by atoms with van der Waals surface area (Å²) in [6.07, 6.45) is 4.97. The fourth-order valence-corrected chi connectivity index (χ4v) is 2.38. The molecule has 1 aromatic carbocycles. The maximum atomic E-state index is 12.2. The predicted molar refractivity (Wildman–Crippen MR) is 102 cm³/mol. The zero-order chi connectivity index (χ0) is 18.1. The van der Waals surface area contributed by atoms with Gasteiger partial charge in [-0.15, -0.1) is 0 Å². The van der Waals surface area contributed by atoms with Gasteiger partial charge in [-0.3, -0.25) is 4.79 Å². The number of pyridine rings is 1. The molecule has 2 N–H and O–H groups in total. The van der Waals surface area contributed by atoms with Crippen LogP contribution in [0.1, 0.15) is 50.4 Å². The Morgan fingerprint density at radius 3 is 2.76 bits per heavy atom. The van der Waals surface area contributed by atoms with Crippen LogP contribution in [0.3, 0.4) is 0 Å². The number of anilines is 2. The Morgan fingerprint density at radius 1 is 1.20 bits per heavy atom. The summed E-state index contributed by atoms with van der Waals surface area (Å²) in [5.41, 5.74) is 1.42. The second-order valence-electron chi connectivity index (χ2n) is 6.18. The average molecular weight is 341 g/mol. The summed E-state index contributed by atoms with van der Waals surface area (Å²) in [4.78, 5) is 16.5. The van der Waals surface area contributed by atoms with Crippen molar-refractivity contribution in [3.63, 3.8) is 0 Å². The number of carbonyl (C=O) groups is 1. The number of rotatable bonds is 9. The molecule has 0 radical (unpaired) electrons. The van der Waals surface area contributed by atoms with E-state index in [1.165, 1.54) is 0 Å². The molecule has 0 atom stereocenters. The third kappa shape index (κ3) is 6.10. The second kappa shape index (κ2) is 9.67. The molecule has 1 aromatic heterocycles. The van der Waals surface area contributed by atoms with Crippen molar-refractivity contribution in [1.82, 2.24) is 10.3 Å². The maximum Gasteiger partial charge on any atom is 0.251 e. The van der Waals surface area contributed by atoms with Crippen LogP contribution in [0.25, 0.3) is 0 Å². The molecule has 0 saturated heterocycles. The number of carbonyl (C=O) groups excluding carboxylic acids is 1. The van der Waals surface area contributed by atoms with E-state index in [-0.39, 0.29) is 12.0 Å². The third-order valence-corrected chi connectivity index (χ3v) is 3.60. The molecule has 1 amide bonds. The number of aromatic nitrogens is 1. The number of unbranched alkanes of at least 4 members (excludes halogenated alkanes) is 2. The average Bonchev–Trinajstić information content (AvgIpc) is 2.60. The van der Waals surface area contributed by atoms with Gasteiger partial charge in [-0.1, -0.05) is 31.9 Å². The summed E-state index contributed by atoms with van der Waals surface area (Å²) in [6, 6.07) is 11.2. The van der Waals surface area contributed by atoms with Gasteiger partial charge in [0, 0.05) is 18.3 Å². The molecular formula is C20H27N3O2. The number of para-hydroxylation sites is 2. The van der Waals surface area contributed by atoms with Gasteiger partial charge in [-0.05, 0) is 44.5 Å². The maximum absolute atomic E-state index is 12.2. The van der Waals surface area contributed by atoms with Crippen LogP contribution in [-0.2, 0) is 0 Å². The standard InChI is InChI=1S/C20H27N3O2/c1-4-5-8-12-22-20(24)16-11-13-21-19(14-16)23-17-9-6-7-10-18(17)25-15(2)3/h6-7,9-11,13-15H,4-5,8,12H2,1-3H3,(H,21,23)(H,22,24). The highest BCUT2D eigenvalue weighted by Crippen LogP contribution is 2.27. The van der Waals surface area contributed by atoms with E-state index in [1.54, 1.807) is 18.3 Å². The summed E-state index contributed by atoms with van der Waals surface area (Å²) < 4.78 is 5.80. The van der Waals surface area contributed by atoms with Crippen LogP contribution < -0.4 is 15.4 Å². The summed E-state index contributed by atoms with van der Waals surface area (Å²) >= 11 is 0. The molecule has 2 rings (SSSR count). The number of hydrogen-bond donors (Lipinski definition) is 2. The lowest BCUT2D eigenvalue weighted by molar-refractivity contribution is 0.0953. The highest BCUT2D eigenvalue weighted by Gasteiger charge is 2.09. The van der Waals surface area contributed by atoms with E-state index in [0.29, 0.717) is 17.9 Å². The Bertz CT molecular complexity index is 686. The molecule has 5 nitrogen and oxygen atoms in total. The summed E-state index contributed by atoms with van der Waals surface area (Å²) in [7, 11) is 0. The number of nitrogens with one attached hydrogen (secondary N) is 2. The first kappa shape index (κ1) is 18.8. The molecule has 134 valence electrons. The first-order chi connectivity index (χ1) is 12.1. The highest BCUT2D eigenvalue weighted by molar-refractivity contribution is 5.94. The zero-order valence-corrected chi connectivity index (χ0v) is 15.2. The van der Waals surface area contributed by atoms with E-state index in [4.69, 9.17) is 4.74 Å². The Hall–Kier alpha value is -2.56. The number of ether oxygens (including phenoxy) is 1. The molecule has 0 saturated carbocycles. The van der Waals surface area contributed by atoms with E-state index in [0.717, 1.165) is 30.7 Å².